The minimum atomic E-state index is -1.01. The topological polar surface area (TPSA) is 98.7 Å². The molecule has 6 heteroatoms. The highest BCUT2D eigenvalue weighted by atomic mass is 16.4. The van der Waals surface area contributed by atoms with Crippen LogP contribution < -0.4 is 10.9 Å². The minimum absolute atomic E-state index is 0.404. The number of hydrogen-bond donors (Lipinski definition) is 4. The van der Waals surface area contributed by atoms with Crippen LogP contribution in [-0.4, -0.2) is 34.2 Å². The van der Waals surface area contributed by atoms with Crippen molar-refractivity contribution in [3.63, 3.8) is 0 Å². The fourth-order valence-electron chi connectivity index (χ4n) is 1.59. The Labute approximate surface area is 114 Å². The van der Waals surface area contributed by atoms with Gasteiger partial charge in [0.1, 0.15) is 12.1 Å². The predicted octanol–water partition coefficient (Wildman–Crippen LogP) is 1.47. The van der Waals surface area contributed by atoms with Gasteiger partial charge >= 0.3 is 11.9 Å². The van der Waals surface area contributed by atoms with Gasteiger partial charge in [0, 0.05) is 0 Å². The summed E-state index contributed by atoms with van der Waals surface area (Å²) in [6.45, 7) is 9.38. The Hall–Kier alpha value is -1.14. The first-order chi connectivity index (χ1) is 8.55. The maximum absolute atomic E-state index is 11.1. The van der Waals surface area contributed by atoms with Crippen molar-refractivity contribution >= 4 is 11.9 Å². The van der Waals surface area contributed by atoms with Crippen LogP contribution in [0.15, 0.2) is 0 Å². The lowest BCUT2D eigenvalue weighted by molar-refractivity contribution is -0.145. The first-order valence-electron chi connectivity index (χ1n) is 6.52. The van der Waals surface area contributed by atoms with Crippen molar-refractivity contribution in [1.29, 1.82) is 0 Å². The molecule has 0 rings (SSSR count). The van der Waals surface area contributed by atoms with Crippen LogP contribution in [0.25, 0.3) is 0 Å². The van der Waals surface area contributed by atoms with E-state index in [1.807, 2.05) is 13.8 Å². The van der Waals surface area contributed by atoms with Gasteiger partial charge in [-0.3, -0.25) is 9.59 Å². The molecule has 19 heavy (non-hydrogen) atoms. The molecule has 0 aliphatic carbocycles. The van der Waals surface area contributed by atoms with E-state index in [4.69, 9.17) is 10.2 Å². The van der Waals surface area contributed by atoms with Gasteiger partial charge in [0.2, 0.25) is 0 Å². The van der Waals surface area contributed by atoms with E-state index in [1.165, 1.54) is 0 Å². The average molecular weight is 274 g/mol. The van der Waals surface area contributed by atoms with Crippen LogP contribution in [0.1, 0.15) is 47.5 Å². The summed E-state index contributed by atoms with van der Waals surface area (Å²) in [5.74, 6) is -1.58. The molecule has 0 aliphatic heterocycles. The van der Waals surface area contributed by atoms with E-state index in [0.717, 1.165) is 6.42 Å². The number of carboxylic acids is 2. The smallest absolute Gasteiger partial charge is 0.322 e. The average Bonchev–Trinajstić information content (AvgIpc) is 2.19. The first kappa shape index (κ1) is 17.9. The Bertz CT molecular complexity index is 310. The maximum atomic E-state index is 11.1. The Balaban J connectivity index is 4.52. The van der Waals surface area contributed by atoms with Gasteiger partial charge in [-0.05, 0) is 24.2 Å². The van der Waals surface area contributed by atoms with Crippen LogP contribution in [0, 0.1) is 11.3 Å². The van der Waals surface area contributed by atoms with Gasteiger partial charge in [-0.2, -0.15) is 0 Å². The van der Waals surface area contributed by atoms with Crippen LogP contribution in [0.3, 0.4) is 0 Å². The van der Waals surface area contributed by atoms with Gasteiger partial charge in [-0.25, -0.2) is 10.9 Å². The Morgan fingerprint density at radius 3 is 1.84 bits per heavy atom. The second-order valence-corrected chi connectivity index (χ2v) is 6.29. The van der Waals surface area contributed by atoms with Crippen molar-refractivity contribution in [3.05, 3.63) is 0 Å². The minimum Gasteiger partial charge on any atom is -0.480 e. The summed E-state index contributed by atoms with van der Waals surface area (Å²) in [6.07, 6.45) is 1.22. The largest absolute Gasteiger partial charge is 0.480 e. The van der Waals surface area contributed by atoms with Crippen LogP contribution in [0.2, 0.25) is 0 Å². The zero-order valence-electron chi connectivity index (χ0n) is 12.4. The van der Waals surface area contributed by atoms with Crippen LogP contribution in [0.5, 0.6) is 0 Å². The van der Waals surface area contributed by atoms with E-state index >= 15 is 0 Å². The molecule has 0 bridgehead atoms. The fourth-order valence-corrected chi connectivity index (χ4v) is 1.59. The fraction of sp³-hybridized carbons (Fsp3) is 0.846. The highest BCUT2D eigenvalue weighted by molar-refractivity contribution is 5.75. The summed E-state index contributed by atoms with van der Waals surface area (Å²) in [4.78, 5) is 22.2. The lowest BCUT2D eigenvalue weighted by Crippen LogP contribution is -2.56. The van der Waals surface area contributed by atoms with Crippen LogP contribution in [0.4, 0.5) is 0 Å². The van der Waals surface area contributed by atoms with E-state index in [-0.39, 0.29) is 0 Å². The van der Waals surface area contributed by atoms with Crippen LogP contribution in [-0.2, 0) is 9.59 Å². The van der Waals surface area contributed by atoms with E-state index in [1.54, 1.807) is 20.8 Å². The molecule has 4 N–H and O–H groups in total. The van der Waals surface area contributed by atoms with Crippen molar-refractivity contribution in [2.24, 2.45) is 11.3 Å². The molecule has 0 aromatic heterocycles. The third-order valence-corrected chi connectivity index (χ3v) is 2.85. The Kier molecular flexibility index (Phi) is 7.00. The standard InChI is InChI=1S/C13H26N2O4/c1-8(2)6-7-9(11(16)17)14-15-10(12(18)19)13(3,4)5/h8-10,14-15H,6-7H2,1-5H3,(H,16,17)(H,18,19)/t9-,10+/m0/s1. The van der Waals surface area contributed by atoms with E-state index in [2.05, 4.69) is 10.9 Å². The normalized spacial score (nSPS) is 15.3. The number of hydrazine groups is 1. The molecule has 112 valence electrons. The molecule has 0 fully saturated rings. The second-order valence-electron chi connectivity index (χ2n) is 6.29. The van der Waals surface area contributed by atoms with Crippen LogP contribution >= 0.6 is 0 Å². The lowest BCUT2D eigenvalue weighted by atomic mass is 9.87. The number of hydrogen-bond acceptors (Lipinski definition) is 4. The van der Waals surface area contributed by atoms with E-state index in [9.17, 15) is 9.59 Å². The van der Waals surface area contributed by atoms with Crippen molar-refractivity contribution in [1.82, 2.24) is 10.9 Å². The lowest BCUT2D eigenvalue weighted by Gasteiger charge is -2.29. The molecule has 0 aromatic rings. The zero-order valence-corrected chi connectivity index (χ0v) is 12.4. The zero-order chi connectivity index (χ0) is 15.2. The van der Waals surface area contributed by atoms with Crippen molar-refractivity contribution in [3.8, 4) is 0 Å². The second kappa shape index (κ2) is 7.45. The highest BCUT2D eigenvalue weighted by Crippen LogP contribution is 2.19. The van der Waals surface area contributed by atoms with Gasteiger partial charge in [0.05, 0.1) is 0 Å². The number of aliphatic carboxylic acids is 2. The third-order valence-electron chi connectivity index (χ3n) is 2.85. The first-order valence-corrected chi connectivity index (χ1v) is 6.52. The molecule has 0 aromatic carbocycles. The van der Waals surface area contributed by atoms with Gasteiger partial charge in [0.15, 0.2) is 0 Å². The molecule has 0 saturated carbocycles. The number of carboxylic acid groups (broad SMARTS) is 2. The maximum Gasteiger partial charge on any atom is 0.322 e. The molecule has 0 saturated heterocycles. The van der Waals surface area contributed by atoms with E-state index in [0.29, 0.717) is 12.3 Å². The number of carbonyl (C=O) groups is 2. The molecule has 2 atom stereocenters. The summed E-state index contributed by atoms with van der Waals surface area (Å²) >= 11 is 0. The Morgan fingerprint density at radius 1 is 1.00 bits per heavy atom. The molecule has 0 heterocycles. The van der Waals surface area contributed by atoms with Gasteiger partial charge < -0.3 is 10.2 Å². The Morgan fingerprint density at radius 2 is 1.53 bits per heavy atom. The van der Waals surface area contributed by atoms with E-state index < -0.39 is 29.4 Å². The number of rotatable bonds is 8. The third kappa shape index (κ3) is 7.12. The van der Waals surface area contributed by atoms with Crippen molar-refractivity contribution in [2.45, 2.75) is 59.5 Å². The molecule has 0 aliphatic rings. The molecular weight excluding hydrogens is 248 g/mol. The van der Waals surface area contributed by atoms with Crippen molar-refractivity contribution in [2.75, 3.05) is 0 Å². The van der Waals surface area contributed by atoms with Gasteiger partial charge in [0.25, 0.3) is 0 Å². The van der Waals surface area contributed by atoms with Crippen molar-refractivity contribution < 1.29 is 19.8 Å². The quantitative estimate of drug-likeness (QED) is 0.500. The molecule has 0 spiro atoms. The van der Waals surface area contributed by atoms with Gasteiger partial charge in [-0.1, -0.05) is 34.6 Å². The molecular formula is C13H26N2O4. The molecule has 0 amide bonds. The van der Waals surface area contributed by atoms with Gasteiger partial charge in [-0.15, -0.1) is 0 Å². The summed E-state index contributed by atoms with van der Waals surface area (Å²) in [5.41, 5.74) is 4.75. The summed E-state index contributed by atoms with van der Waals surface area (Å²) in [5, 5.41) is 18.2. The molecule has 6 nitrogen and oxygen atoms in total. The highest BCUT2D eigenvalue weighted by Gasteiger charge is 2.32. The summed E-state index contributed by atoms with van der Waals surface area (Å²) in [6, 6.07) is -1.64. The monoisotopic (exact) mass is 274 g/mol. The summed E-state index contributed by atoms with van der Waals surface area (Å²) < 4.78 is 0. The SMILES string of the molecule is CC(C)CC[C@H](NN[C@H](C(=O)O)C(C)(C)C)C(=O)O. The molecule has 0 radical (unpaired) electrons. The summed E-state index contributed by atoms with van der Waals surface area (Å²) in [7, 11) is 0. The number of nitrogens with one attached hydrogen (secondary N) is 2. The predicted molar refractivity (Wildman–Crippen MR) is 72.6 cm³/mol. The molecule has 0 unspecified atom stereocenters.